The third-order valence-electron chi connectivity index (χ3n) is 0.772. The van der Waals surface area contributed by atoms with Crippen LogP contribution in [0.4, 0.5) is 0 Å². The molecule has 0 nitrogen and oxygen atoms in total. The van der Waals surface area contributed by atoms with E-state index in [1.165, 1.54) is 0 Å². The van der Waals surface area contributed by atoms with Crippen molar-refractivity contribution in [3.63, 3.8) is 0 Å². The first-order chi connectivity index (χ1) is 5.91. The van der Waals surface area contributed by atoms with Crippen molar-refractivity contribution in [3.8, 4) is 47.4 Å². The van der Waals surface area contributed by atoms with Crippen LogP contribution < -0.4 is 0 Å². The molecule has 0 radical (unpaired) electrons. The Labute approximate surface area is 74.1 Å². The second-order valence-electron chi connectivity index (χ2n) is 1.67. The fourth-order valence-electron chi connectivity index (χ4n) is 0.355. The summed E-state index contributed by atoms with van der Waals surface area (Å²) in [5.41, 5.74) is 0. The van der Waals surface area contributed by atoms with Crippen LogP contribution in [0.2, 0.25) is 0 Å². The molecule has 0 saturated heterocycles. The lowest BCUT2D eigenvalue weighted by atomic mass is 10.4. The van der Waals surface area contributed by atoms with Gasteiger partial charge in [0, 0.05) is 6.42 Å². The molecule has 0 fully saturated rings. The predicted molar refractivity (Wildman–Crippen MR) is 51.6 cm³/mol. The zero-order chi connectivity index (χ0) is 9.07. The van der Waals surface area contributed by atoms with Crippen LogP contribution in [0, 0.1) is 47.4 Å². The molecule has 12 heavy (non-hydrogen) atoms. The molecule has 0 aromatic carbocycles. The van der Waals surface area contributed by atoms with Gasteiger partial charge >= 0.3 is 0 Å². The molecule has 0 atom stereocenters. The molecule has 0 bridgehead atoms. The second-order valence-corrected chi connectivity index (χ2v) is 1.67. The zero-order valence-corrected chi connectivity index (χ0v) is 6.99. The highest BCUT2D eigenvalue weighted by Gasteiger charge is 1.59. The van der Waals surface area contributed by atoms with Crippen LogP contribution in [0.3, 0.4) is 0 Å². The van der Waals surface area contributed by atoms with Gasteiger partial charge in [0.2, 0.25) is 0 Å². The van der Waals surface area contributed by atoms with E-state index in [9.17, 15) is 0 Å². The third kappa shape index (κ3) is 7.98. The lowest BCUT2D eigenvalue weighted by Crippen LogP contribution is -1.56. The first kappa shape index (κ1) is 9.98. The highest BCUT2D eigenvalue weighted by atomic mass is 13.6. The van der Waals surface area contributed by atoms with Crippen LogP contribution >= 0.6 is 0 Å². The van der Waals surface area contributed by atoms with Gasteiger partial charge in [0.25, 0.3) is 0 Å². The molecule has 0 heteroatoms. The van der Waals surface area contributed by atoms with Crippen LogP contribution in [0.1, 0.15) is 13.3 Å². The Hall–Kier alpha value is -2.02. The minimum atomic E-state index is 0.664. The van der Waals surface area contributed by atoms with Crippen LogP contribution in [-0.4, -0.2) is 0 Å². The van der Waals surface area contributed by atoms with E-state index in [0.29, 0.717) is 6.42 Å². The molecule has 0 heterocycles. The molecule has 0 aromatic heterocycles. The number of rotatable bonds is 1. The van der Waals surface area contributed by atoms with Gasteiger partial charge in [-0.15, -0.1) is 6.58 Å². The summed E-state index contributed by atoms with van der Waals surface area (Å²) in [5.74, 6) is 20.9. The van der Waals surface area contributed by atoms with E-state index in [1.807, 2.05) is 0 Å². The average Bonchev–Trinajstić information content (AvgIpc) is 2.10. The number of hydrogen-bond donors (Lipinski definition) is 0. The summed E-state index contributed by atoms with van der Waals surface area (Å²) in [4.78, 5) is 0. The highest BCUT2D eigenvalue weighted by Crippen LogP contribution is 1.71. The molecule has 0 aliphatic rings. The van der Waals surface area contributed by atoms with Gasteiger partial charge in [0.05, 0.1) is 0 Å². The van der Waals surface area contributed by atoms with Crippen LogP contribution in [-0.2, 0) is 0 Å². The van der Waals surface area contributed by atoms with E-state index in [-0.39, 0.29) is 0 Å². The van der Waals surface area contributed by atoms with Gasteiger partial charge in [-0.05, 0) is 42.4 Å². The molecule has 0 aromatic rings. The molecule has 0 aliphatic carbocycles. The molecule has 0 aliphatic heterocycles. The van der Waals surface area contributed by atoms with E-state index >= 15 is 0 Å². The minimum Gasteiger partial charge on any atom is -0.102 e. The standard InChI is InChI=1S/C12H8/c1-3-5-7-9-11-12-10-8-6-4-2/h3H,1,5H2,2H3. The maximum atomic E-state index is 3.52. The van der Waals surface area contributed by atoms with Gasteiger partial charge in [-0.2, -0.15) is 0 Å². The fraction of sp³-hybridized carbons (Fsp3) is 0.167. The molecule has 0 saturated carbocycles. The maximum Gasteiger partial charge on any atom is 0.0277 e. The van der Waals surface area contributed by atoms with E-state index in [2.05, 4.69) is 53.9 Å². The fourth-order valence-corrected chi connectivity index (χ4v) is 0.355. The Morgan fingerprint density at radius 1 is 1.00 bits per heavy atom. The van der Waals surface area contributed by atoms with Gasteiger partial charge in [-0.25, -0.2) is 0 Å². The largest absolute Gasteiger partial charge is 0.102 e. The van der Waals surface area contributed by atoms with Crippen molar-refractivity contribution in [2.24, 2.45) is 0 Å². The summed E-state index contributed by atoms with van der Waals surface area (Å²) < 4.78 is 0. The molecule has 0 N–H and O–H groups in total. The Balaban J connectivity index is 3.92. The van der Waals surface area contributed by atoms with E-state index in [1.54, 1.807) is 13.0 Å². The molecule has 0 spiro atoms. The third-order valence-corrected chi connectivity index (χ3v) is 0.772. The Morgan fingerprint density at radius 2 is 1.58 bits per heavy atom. The quantitative estimate of drug-likeness (QED) is 0.395. The Morgan fingerprint density at radius 3 is 2.17 bits per heavy atom. The average molecular weight is 152 g/mol. The normalized spacial score (nSPS) is 4.75. The maximum absolute atomic E-state index is 3.52. The van der Waals surface area contributed by atoms with Crippen molar-refractivity contribution >= 4 is 0 Å². The first-order valence-electron chi connectivity index (χ1n) is 3.42. The zero-order valence-electron chi connectivity index (χ0n) is 6.99. The number of allylic oxidation sites excluding steroid dienone is 1. The van der Waals surface area contributed by atoms with Gasteiger partial charge in [-0.1, -0.05) is 17.9 Å². The summed E-state index contributed by atoms with van der Waals surface area (Å²) >= 11 is 0. The van der Waals surface area contributed by atoms with E-state index in [4.69, 9.17) is 0 Å². The summed E-state index contributed by atoms with van der Waals surface area (Å²) in [6, 6.07) is 0. The molecule has 56 valence electrons. The van der Waals surface area contributed by atoms with Gasteiger partial charge in [0.1, 0.15) is 0 Å². The second kappa shape index (κ2) is 8.98. The lowest BCUT2D eigenvalue weighted by molar-refractivity contribution is 1.49. The first-order valence-corrected chi connectivity index (χ1v) is 3.42. The minimum absolute atomic E-state index is 0.664. The predicted octanol–water partition coefficient (Wildman–Crippen LogP) is 1.60. The molecular formula is C12H8. The monoisotopic (exact) mass is 152 g/mol. The molecular weight excluding hydrogens is 144 g/mol. The summed E-state index contributed by atoms with van der Waals surface area (Å²) in [6.45, 7) is 5.25. The SMILES string of the molecule is C=CCC#CC#CC#CC#CC. The molecule has 0 unspecified atom stereocenters. The lowest BCUT2D eigenvalue weighted by Gasteiger charge is -1.64. The van der Waals surface area contributed by atoms with Crippen LogP contribution in [0.15, 0.2) is 12.7 Å². The Kier molecular flexibility index (Phi) is 7.47. The van der Waals surface area contributed by atoms with Crippen molar-refractivity contribution in [3.05, 3.63) is 12.7 Å². The van der Waals surface area contributed by atoms with Gasteiger partial charge < -0.3 is 0 Å². The van der Waals surface area contributed by atoms with Gasteiger partial charge in [0.15, 0.2) is 0 Å². The van der Waals surface area contributed by atoms with E-state index in [0.717, 1.165) is 0 Å². The summed E-state index contributed by atoms with van der Waals surface area (Å²) in [7, 11) is 0. The van der Waals surface area contributed by atoms with Crippen molar-refractivity contribution in [1.29, 1.82) is 0 Å². The molecule has 0 rings (SSSR count). The van der Waals surface area contributed by atoms with Crippen molar-refractivity contribution in [1.82, 2.24) is 0 Å². The van der Waals surface area contributed by atoms with Crippen molar-refractivity contribution in [2.45, 2.75) is 13.3 Å². The van der Waals surface area contributed by atoms with Crippen molar-refractivity contribution < 1.29 is 0 Å². The smallest absolute Gasteiger partial charge is 0.0277 e. The summed E-state index contributed by atoms with van der Waals surface area (Å²) in [6.07, 6.45) is 2.39. The van der Waals surface area contributed by atoms with E-state index < -0.39 is 0 Å². The number of hydrogen-bond acceptors (Lipinski definition) is 0. The van der Waals surface area contributed by atoms with Crippen LogP contribution in [0.5, 0.6) is 0 Å². The summed E-state index contributed by atoms with van der Waals surface area (Å²) in [5, 5.41) is 0. The van der Waals surface area contributed by atoms with Gasteiger partial charge in [-0.3, -0.25) is 0 Å². The highest BCUT2D eigenvalue weighted by molar-refractivity contribution is 5.39. The van der Waals surface area contributed by atoms with Crippen LogP contribution in [0.25, 0.3) is 0 Å². The molecule has 0 amide bonds. The Bertz CT molecular complexity index is 367. The van der Waals surface area contributed by atoms with Crippen molar-refractivity contribution in [2.75, 3.05) is 0 Å². The topological polar surface area (TPSA) is 0 Å².